The zero-order chi connectivity index (χ0) is 24.9. The van der Waals surface area contributed by atoms with E-state index in [1.807, 2.05) is 0 Å². The fourth-order valence-electron chi connectivity index (χ4n) is 4.00. The fourth-order valence-corrected chi connectivity index (χ4v) is 4.00. The zero-order valence-electron chi connectivity index (χ0n) is 19.4. The average Bonchev–Trinajstić information content (AvgIpc) is 3.35. The summed E-state index contributed by atoms with van der Waals surface area (Å²) in [4.78, 5) is 40.1. The predicted octanol–water partition coefficient (Wildman–Crippen LogP) is 1.53. The second-order valence-electron chi connectivity index (χ2n) is 7.94. The summed E-state index contributed by atoms with van der Waals surface area (Å²) in [6, 6.07) is 7.58. The first-order valence-corrected chi connectivity index (χ1v) is 11.0. The number of nitro groups is 1. The van der Waals surface area contributed by atoms with Crippen LogP contribution in [0.25, 0.3) is 0 Å². The van der Waals surface area contributed by atoms with Crippen LogP contribution in [-0.2, 0) is 0 Å². The van der Waals surface area contributed by atoms with Crippen molar-refractivity contribution in [2.24, 2.45) is 0 Å². The number of methoxy groups -OCH3 is 2. The highest BCUT2D eigenvalue weighted by atomic mass is 16.7. The van der Waals surface area contributed by atoms with Crippen molar-refractivity contribution in [3.8, 4) is 23.0 Å². The number of ether oxygens (including phenoxy) is 4. The van der Waals surface area contributed by atoms with Gasteiger partial charge in [-0.1, -0.05) is 0 Å². The molecule has 35 heavy (non-hydrogen) atoms. The third-order valence-electron chi connectivity index (χ3n) is 5.94. The van der Waals surface area contributed by atoms with Gasteiger partial charge in [0.1, 0.15) is 5.56 Å². The van der Waals surface area contributed by atoms with Gasteiger partial charge in [0.25, 0.3) is 17.5 Å². The Labute approximate surface area is 201 Å². The first-order chi connectivity index (χ1) is 16.9. The number of rotatable bonds is 8. The van der Waals surface area contributed by atoms with E-state index in [-0.39, 0.29) is 35.4 Å². The number of carbonyl (C=O) groups is 2. The van der Waals surface area contributed by atoms with Gasteiger partial charge in [0.2, 0.25) is 6.79 Å². The second kappa shape index (κ2) is 10.5. The molecule has 2 aromatic carbocycles. The van der Waals surface area contributed by atoms with Crippen molar-refractivity contribution in [2.45, 2.75) is 0 Å². The minimum absolute atomic E-state index is 0.0444. The van der Waals surface area contributed by atoms with Crippen LogP contribution in [0.5, 0.6) is 23.0 Å². The smallest absolute Gasteiger partial charge is 0.286 e. The zero-order valence-corrected chi connectivity index (χ0v) is 19.4. The number of amides is 2. The van der Waals surface area contributed by atoms with Crippen LogP contribution in [0.1, 0.15) is 20.7 Å². The Morgan fingerprint density at radius 3 is 2.40 bits per heavy atom. The number of hydrogen-bond acceptors (Lipinski definition) is 9. The molecule has 0 unspecified atom stereocenters. The molecule has 1 fully saturated rings. The van der Waals surface area contributed by atoms with Gasteiger partial charge >= 0.3 is 0 Å². The largest absolute Gasteiger partial charge is 0.493 e. The maximum atomic E-state index is 13.1. The highest BCUT2D eigenvalue weighted by Crippen LogP contribution is 2.35. The summed E-state index contributed by atoms with van der Waals surface area (Å²) in [5.41, 5.74) is 0.111. The Bertz CT molecular complexity index is 1130. The number of carbonyl (C=O) groups excluding carboxylic acids is 2. The summed E-state index contributed by atoms with van der Waals surface area (Å²) in [6.45, 7) is 3.14. The van der Waals surface area contributed by atoms with Crippen molar-refractivity contribution < 1.29 is 33.5 Å². The average molecular weight is 486 g/mol. The van der Waals surface area contributed by atoms with Crippen LogP contribution in [0.15, 0.2) is 30.3 Å². The molecule has 0 radical (unpaired) electrons. The summed E-state index contributed by atoms with van der Waals surface area (Å²) < 4.78 is 20.9. The van der Waals surface area contributed by atoms with E-state index in [0.29, 0.717) is 56.3 Å². The summed E-state index contributed by atoms with van der Waals surface area (Å²) in [6.07, 6.45) is 0. The van der Waals surface area contributed by atoms with Gasteiger partial charge in [-0.3, -0.25) is 24.6 Å². The SMILES string of the molecule is COc1cc(C(=O)N2CCN(CCNC(=O)c3ccc4c(c3)OCO4)CC2)c([N+](=O)[O-])cc1OC. The van der Waals surface area contributed by atoms with Crippen molar-refractivity contribution in [3.05, 3.63) is 51.6 Å². The van der Waals surface area contributed by atoms with E-state index >= 15 is 0 Å². The van der Waals surface area contributed by atoms with Crippen LogP contribution >= 0.6 is 0 Å². The van der Waals surface area contributed by atoms with E-state index in [2.05, 4.69) is 10.2 Å². The molecule has 2 aliphatic rings. The third-order valence-corrected chi connectivity index (χ3v) is 5.94. The molecule has 2 heterocycles. The van der Waals surface area contributed by atoms with Gasteiger partial charge in [0.05, 0.1) is 25.2 Å². The second-order valence-corrected chi connectivity index (χ2v) is 7.94. The first kappa shape index (κ1) is 24.1. The maximum absolute atomic E-state index is 13.1. The molecule has 0 spiro atoms. The van der Waals surface area contributed by atoms with Crippen molar-refractivity contribution in [1.82, 2.24) is 15.1 Å². The van der Waals surface area contributed by atoms with Gasteiger partial charge in [-0.15, -0.1) is 0 Å². The number of hydrogen-bond donors (Lipinski definition) is 1. The van der Waals surface area contributed by atoms with E-state index in [4.69, 9.17) is 18.9 Å². The molecule has 1 N–H and O–H groups in total. The molecule has 0 aromatic heterocycles. The van der Waals surface area contributed by atoms with Crippen LogP contribution in [-0.4, -0.2) is 86.8 Å². The van der Waals surface area contributed by atoms with E-state index in [1.54, 1.807) is 23.1 Å². The summed E-state index contributed by atoms with van der Waals surface area (Å²) in [7, 11) is 2.78. The fraction of sp³-hybridized carbons (Fsp3) is 0.391. The number of fused-ring (bicyclic) bond motifs is 1. The summed E-state index contributed by atoms with van der Waals surface area (Å²) in [5.74, 6) is 0.952. The Morgan fingerprint density at radius 1 is 1.03 bits per heavy atom. The van der Waals surface area contributed by atoms with Crippen LogP contribution < -0.4 is 24.3 Å². The number of nitrogens with zero attached hydrogens (tertiary/aromatic N) is 3. The summed E-state index contributed by atoms with van der Waals surface area (Å²) >= 11 is 0. The lowest BCUT2D eigenvalue weighted by atomic mass is 10.1. The number of piperazine rings is 1. The maximum Gasteiger partial charge on any atom is 0.286 e. The monoisotopic (exact) mass is 486 g/mol. The van der Waals surface area contributed by atoms with Crippen molar-refractivity contribution in [2.75, 3.05) is 60.3 Å². The number of nitrogens with one attached hydrogen (secondary N) is 1. The van der Waals surface area contributed by atoms with E-state index in [1.165, 1.54) is 26.4 Å². The Kier molecular flexibility index (Phi) is 7.20. The van der Waals surface area contributed by atoms with Gasteiger partial charge in [-0.05, 0) is 18.2 Å². The summed E-state index contributed by atoms with van der Waals surface area (Å²) in [5, 5.41) is 14.4. The number of nitro benzene ring substituents is 1. The molecule has 2 aliphatic heterocycles. The van der Waals surface area contributed by atoms with E-state index in [0.717, 1.165) is 0 Å². The minimum Gasteiger partial charge on any atom is -0.493 e. The molecule has 0 bridgehead atoms. The highest BCUT2D eigenvalue weighted by Gasteiger charge is 2.30. The lowest BCUT2D eigenvalue weighted by Crippen LogP contribution is -2.50. The molecule has 0 saturated carbocycles. The van der Waals surface area contributed by atoms with E-state index in [9.17, 15) is 19.7 Å². The molecule has 2 amide bonds. The quantitative estimate of drug-likeness (QED) is 0.436. The molecular weight excluding hydrogens is 460 g/mol. The molecule has 0 atom stereocenters. The number of benzene rings is 2. The molecule has 4 rings (SSSR count). The Morgan fingerprint density at radius 2 is 1.71 bits per heavy atom. The van der Waals surface area contributed by atoms with Gasteiger partial charge in [0.15, 0.2) is 23.0 Å². The molecule has 2 aromatic rings. The molecular formula is C23H26N4O8. The molecule has 186 valence electrons. The molecule has 1 saturated heterocycles. The van der Waals surface area contributed by atoms with Gasteiger partial charge in [-0.25, -0.2) is 0 Å². The van der Waals surface area contributed by atoms with Crippen molar-refractivity contribution in [1.29, 1.82) is 0 Å². The third kappa shape index (κ3) is 5.22. The van der Waals surface area contributed by atoms with Crippen LogP contribution in [0.2, 0.25) is 0 Å². The molecule has 0 aliphatic carbocycles. The lowest BCUT2D eigenvalue weighted by Gasteiger charge is -2.34. The Hall–Kier alpha value is -4.06. The minimum atomic E-state index is -0.603. The standard InChI is InChI=1S/C23H26N4O8/c1-32-19-12-16(17(27(30)31)13-20(19)33-2)23(29)26-9-7-25(8-10-26)6-5-24-22(28)15-3-4-18-21(11-15)35-14-34-18/h3-4,11-13H,5-10,14H2,1-2H3,(H,24,28). The van der Waals surface area contributed by atoms with Crippen LogP contribution in [0, 0.1) is 10.1 Å². The predicted molar refractivity (Wildman–Crippen MR) is 123 cm³/mol. The topological polar surface area (TPSA) is 133 Å². The van der Waals surface area contributed by atoms with Crippen LogP contribution in [0.4, 0.5) is 5.69 Å². The Balaban J connectivity index is 1.30. The molecule has 12 heteroatoms. The van der Waals surface area contributed by atoms with Crippen molar-refractivity contribution in [3.63, 3.8) is 0 Å². The normalized spacial score (nSPS) is 15.0. The van der Waals surface area contributed by atoms with Crippen molar-refractivity contribution >= 4 is 17.5 Å². The van der Waals surface area contributed by atoms with Gasteiger partial charge in [-0.2, -0.15) is 0 Å². The lowest BCUT2D eigenvalue weighted by molar-refractivity contribution is -0.385. The first-order valence-electron chi connectivity index (χ1n) is 11.0. The van der Waals surface area contributed by atoms with Crippen LogP contribution in [0.3, 0.4) is 0 Å². The van der Waals surface area contributed by atoms with E-state index < -0.39 is 10.8 Å². The highest BCUT2D eigenvalue weighted by molar-refractivity contribution is 5.99. The molecule has 12 nitrogen and oxygen atoms in total. The van der Waals surface area contributed by atoms with Gasteiger partial charge < -0.3 is 29.2 Å². The van der Waals surface area contributed by atoms with Gasteiger partial charge in [0, 0.05) is 50.9 Å².